The van der Waals surface area contributed by atoms with Gasteiger partial charge in [-0.2, -0.15) is 11.8 Å². The number of hydrogen-bond donors (Lipinski definition) is 0. The summed E-state index contributed by atoms with van der Waals surface area (Å²) in [4.78, 5) is 3.94. The molecule has 1 heterocycles. The van der Waals surface area contributed by atoms with Crippen molar-refractivity contribution in [1.82, 2.24) is 4.98 Å². The standard InChI is InChI=1S/C6H8NOS/c1-5(9-2)6-7-3-4-8-6/h3-5H,1H2,2H3. The van der Waals surface area contributed by atoms with Crippen LogP contribution >= 0.6 is 11.8 Å². The van der Waals surface area contributed by atoms with Crippen LogP contribution in [0.5, 0.6) is 0 Å². The average Bonchev–Trinajstić information content (AvgIpc) is 2.37. The van der Waals surface area contributed by atoms with Crippen molar-refractivity contribution in [1.29, 1.82) is 0 Å². The lowest BCUT2D eigenvalue weighted by atomic mass is 10.5. The molecule has 0 aliphatic carbocycles. The number of hydrogen-bond acceptors (Lipinski definition) is 3. The normalized spacial score (nSPS) is 13.6. The second-order valence-electron chi connectivity index (χ2n) is 1.59. The summed E-state index contributed by atoms with van der Waals surface area (Å²) in [5.41, 5.74) is 0. The molecule has 0 aliphatic rings. The molecule has 1 aromatic rings. The van der Waals surface area contributed by atoms with E-state index in [1.54, 1.807) is 24.2 Å². The van der Waals surface area contributed by atoms with Crippen molar-refractivity contribution in [3.63, 3.8) is 0 Å². The average molecular weight is 142 g/mol. The van der Waals surface area contributed by atoms with E-state index in [2.05, 4.69) is 11.9 Å². The first kappa shape index (κ1) is 6.68. The second-order valence-corrected chi connectivity index (χ2v) is 2.64. The summed E-state index contributed by atoms with van der Waals surface area (Å²) in [6, 6.07) is 0. The molecule has 0 bridgehead atoms. The van der Waals surface area contributed by atoms with Crippen LogP contribution in [0.2, 0.25) is 0 Å². The van der Waals surface area contributed by atoms with Gasteiger partial charge in [-0.25, -0.2) is 4.98 Å². The van der Waals surface area contributed by atoms with E-state index in [1.165, 1.54) is 0 Å². The highest BCUT2D eigenvalue weighted by Crippen LogP contribution is 2.22. The zero-order valence-corrected chi connectivity index (χ0v) is 6.02. The molecule has 1 aromatic heterocycles. The summed E-state index contributed by atoms with van der Waals surface area (Å²) in [5, 5.41) is 0.125. The van der Waals surface area contributed by atoms with Gasteiger partial charge < -0.3 is 4.42 Å². The monoisotopic (exact) mass is 142 g/mol. The zero-order chi connectivity index (χ0) is 6.69. The van der Waals surface area contributed by atoms with Crippen molar-refractivity contribution in [3.05, 3.63) is 25.3 Å². The van der Waals surface area contributed by atoms with Crippen LogP contribution in [0, 0.1) is 6.92 Å². The molecule has 1 rings (SSSR count). The van der Waals surface area contributed by atoms with Gasteiger partial charge in [0.15, 0.2) is 0 Å². The van der Waals surface area contributed by atoms with E-state index >= 15 is 0 Å². The molecule has 1 atom stereocenters. The van der Waals surface area contributed by atoms with E-state index in [0.29, 0.717) is 5.89 Å². The lowest BCUT2D eigenvalue weighted by molar-refractivity contribution is 0.506. The van der Waals surface area contributed by atoms with Crippen molar-refractivity contribution < 1.29 is 4.42 Å². The molecule has 0 saturated heterocycles. The Kier molecular flexibility index (Phi) is 2.16. The van der Waals surface area contributed by atoms with Gasteiger partial charge in [-0.1, -0.05) is 0 Å². The molecule has 0 aromatic carbocycles. The summed E-state index contributed by atoms with van der Waals surface area (Å²) < 4.78 is 4.99. The Morgan fingerprint density at radius 2 is 2.67 bits per heavy atom. The lowest BCUT2D eigenvalue weighted by Gasteiger charge is -1.99. The minimum absolute atomic E-state index is 0.125. The number of aromatic nitrogens is 1. The van der Waals surface area contributed by atoms with E-state index in [4.69, 9.17) is 4.42 Å². The Labute approximate surface area is 58.7 Å². The fraction of sp³-hybridized carbons (Fsp3) is 0.333. The number of rotatable bonds is 2. The van der Waals surface area contributed by atoms with Crippen molar-refractivity contribution >= 4 is 11.8 Å². The first-order chi connectivity index (χ1) is 4.34. The van der Waals surface area contributed by atoms with Crippen LogP contribution in [0.15, 0.2) is 16.9 Å². The van der Waals surface area contributed by atoms with Gasteiger partial charge in [0.05, 0.1) is 11.4 Å². The molecule has 0 N–H and O–H groups in total. The van der Waals surface area contributed by atoms with Crippen LogP contribution in [-0.2, 0) is 0 Å². The lowest BCUT2D eigenvalue weighted by Crippen LogP contribution is -1.85. The van der Waals surface area contributed by atoms with Crippen LogP contribution in [0.3, 0.4) is 0 Å². The molecule has 9 heavy (non-hydrogen) atoms. The van der Waals surface area contributed by atoms with E-state index < -0.39 is 0 Å². The molecular formula is C6H8NOS. The summed E-state index contributed by atoms with van der Waals surface area (Å²) in [7, 11) is 0. The van der Waals surface area contributed by atoms with Crippen molar-refractivity contribution in [3.8, 4) is 0 Å². The Morgan fingerprint density at radius 1 is 1.89 bits per heavy atom. The predicted octanol–water partition coefficient (Wildman–Crippen LogP) is 1.91. The third-order valence-electron chi connectivity index (χ3n) is 1.01. The number of oxazole rings is 1. The summed E-state index contributed by atoms with van der Waals surface area (Å²) >= 11 is 1.62. The van der Waals surface area contributed by atoms with Crippen LogP contribution < -0.4 is 0 Å². The molecule has 0 aliphatic heterocycles. The van der Waals surface area contributed by atoms with E-state index in [1.807, 2.05) is 6.26 Å². The molecule has 3 heteroatoms. The minimum Gasteiger partial charge on any atom is -0.448 e. The Bertz CT molecular complexity index is 162. The van der Waals surface area contributed by atoms with Gasteiger partial charge in [-0.05, 0) is 13.2 Å². The maximum atomic E-state index is 4.99. The molecule has 1 unspecified atom stereocenters. The van der Waals surface area contributed by atoms with Crippen LogP contribution in [0.4, 0.5) is 0 Å². The largest absolute Gasteiger partial charge is 0.448 e. The molecule has 49 valence electrons. The quantitative estimate of drug-likeness (QED) is 0.631. The smallest absolute Gasteiger partial charge is 0.207 e. The minimum atomic E-state index is 0.125. The SMILES string of the molecule is [CH2]C(SC)c1ncco1. The summed E-state index contributed by atoms with van der Waals surface area (Å²) in [6.07, 6.45) is 5.16. The maximum absolute atomic E-state index is 4.99. The van der Waals surface area contributed by atoms with Gasteiger partial charge >= 0.3 is 0 Å². The fourth-order valence-electron chi connectivity index (χ4n) is 0.494. The van der Waals surface area contributed by atoms with Crippen LogP contribution in [0.25, 0.3) is 0 Å². The molecule has 0 spiro atoms. The Morgan fingerprint density at radius 3 is 3.11 bits per heavy atom. The van der Waals surface area contributed by atoms with Gasteiger partial charge in [0.1, 0.15) is 6.26 Å². The number of thioether (sulfide) groups is 1. The van der Waals surface area contributed by atoms with Crippen molar-refractivity contribution in [2.24, 2.45) is 0 Å². The Balaban J connectivity index is 2.65. The van der Waals surface area contributed by atoms with Crippen molar-refractivity contribution in [2.45, 2.75) is 5.25 Å². The highest BCUT2D eigenvalue weighted by Gasteiger charge is 2.05. The highest BCUT2D eigenvalue weighted by molar-refractivity contribution is 7.98. The molecule has 2 nitrogen and oxygen atoms in total. The molecule has 0 amide bonds. The summed E-state index contributed by atoms with van der Waals surface area (Å²) in [5.74, 6) is 0.697. The zero-order valence-electron chi connectivity index (χ0n) is 5.20. The van der Waals surface area contributed by atoms with Crippen molar-refractivity contribution in [2.75, 3.05) is 6.26 Å². The van der Waals surface area contributed by atoms with Gasteiger partial charge in [-0.3, -0.25) is 0 Å². The van der Waals surface area contributed by atoms with Crippen LogP contribution in [0.1, 0.15) is 11.1 Å². The van der Waals surface area contributed by atoms with Gasteiger partial charge in [0.2, 0.25) is 5.89 Å². The number of nitrogens with zero attached hydrogens (tertiary/aromatic N) is 1. The molecule has 0 saturated carbocycles. The third kappa shape index (κ3) is 1.48. The topological polar surface area (TPSA) is 26.0 Å². The third-order valence-corrected chi connectivity index (χ3v) is 1.78. The van der Waals surface area contributed by atoms with Crippen LogP contribution in [-0.4, -0.2) is 11.2 Å². The second kappa shape index (κ2) is 2.92. The highest BCUT2D eigenvalue weighted by atomic mass is 32.2. The first-order valence-electron chi connectivity index (χ1n) is 2.60. The van der Waals surface area contributed by atoms with Gasteiger partial charge in [0.25, 0.3) is 0 Å². The van der Waals surface area contributed by atoms with Gasteiger partial charge in [0, 0.05) is 0 Å². The Hall–Kier alpha value is -0.440. The van der Waals surface area contributed by atoms with Gasteiger partial charge in [-0.15, -0.1) is 0 Å². The van der Waals surface area contributed by atoms with E-state index in [9.17, 15) is 0 Å². The predicted molar refractivity (Wildman–Crippen MR) is 38.1 cm³/mol. The fourth-order valence-corrected chi connectivity index (χ4v) is 0.812. The molecule has 1 radical (unpaired) electrons. The summed E-state index contributed by atoms with van der Waals surface area (Å²) in [6.45, 7) is 3.81. The van der Waals surface area contributed by atoms with E-state index in [0.717, 1.165) is 0 Å². The van der Waals surface area contributed by atoms with E-state index in [-0.39, 0.29) is 5.25 Å². The molecular weight excluding hydrogens is 134 g/mol. The first-order valence-corrected chi connectivity index (χ1v) is 3.88. The maximum Gasteiger partial charge on any atom is 0.207 e. The molecule has 0 fully saturated rings.